The number of hydrogen-bond acceptors (Lipinski definition) is 5. The zero-order valence-corrected chi connectivity index (χ0v) is 21.2. The first-order valence-corrected chi connectivity index (χ1v) is 11.6. The van der Waals surface area contributed by atoms with Crippen molar-refractivity contribution in [2.24, 2.45) is 0 Å². The van der Waals surface area contributed by atoms with Gasteiger partial charge in [-0.1, -0.05) is 26.8 Å². The number of anilines is 2. The molecule has 0 aliphatic rings. The molecule has 0 atom stereocenters. The molecule has 11 heteroatoms. The molecule has 4 rings (SSSR count). The van der Waals surface area contributed by atoms with Gasteiger partial charge in [-0.2, -0.15) is 5.10 Å². The average Bonchev–Trinajstić information content (AvgIpc) is 3.29. The lowest BCUT2D eigenvalue weighted by molar-refractivity contribution is 0.0957. The summed E-state index contributed by atoms with van der Waals surface area (Å²) in [6.45, 7) is 5.90. The Labute approximate surface area is 217 Å². The van der Waals surface area contributed by atoms with E-state index in [1.54, 1.807) is 18.2 Å². The minimum absolute atomic E-state index is 0.107. The number of amides is 3. The van der Waals surface area contributed by atoms with Crippen molar-refractivity contribution in [3.63, 3.8) is 0 Å². The van der Waals surface area contributed by atoms with Gasteiger partial charge in [-0.05, 0) is 36.4 Å². The Kier molecular flexibility index (Phi) is 7.38. The van der Waals surface area contributed by atoms with Crippen LogP contribution in [0.3, 0.4) is 0 Å². The molecule has 0 aliphatic carbocycles. The molecule has 0 spiro atoms. The molecule has 0 saturated carbocycles. The number of carbonyl (C=O) groups is 2. The summed E-state index contributed by atoms with van der Waals surface area (Å²) in [5.41, 5.74) is 1.06. The minimum Gasteiger partial charge on any atom is -0.454 e. The first-order chi connectivity index (χ1) is 18.0. The van der Waals surface area contributed by atoms with Crippen LogP contribution in [-0.4, -0.2) is 33.8 Å². The van der Waals surface area contributed by atoms with Crippen LogP contribution in [-0.2, 0) is 5.41 Å². The molecule has 3 N–H and O–H groups in total. The lowest BCUT2D eigenvalue weighted by atomic mass is 9.92. The number of nitrogens with one attached hydrogen (secondary N) is 3. The van der Waals surface area contributed by atoms with Gasteiger partial charge in [0, 0.05) is 42.5 Å². The van der Waals surface area contributed by atoms with E-state index in [2.05, 4.69) is 26.0 Å². The monoisotopic (exact) mass is 520 g/mol. The van der Waals surface area contributed by atoms with Crippen molar-refractivity contribution in [2.45, 2.75) is 26.2 Å². The van der Waals surface area contributed by atoms with E-state index < -0.39 is 23.6 Å². The average molecular weight is 521 g/mol. The Morgan fingerprint density at radius 3 is 2.45 bits per heavy atom. The summed E-state index contributed by atoms with van der Waals surface area (Å²) < 4.78 is 35.6. The Balaban J connectivity index is 1.50. The molecule has 0 bridgehead atoms. The number of benzene rings is 2. The van der Waals surface area contributed by atoms with Gasteiger partial charge >= 0.3 is 6.03 Å². The highest BCUT2D eigenvalue weighted by atomic mass is 19.1. The van der Waals surface area contributed by atoms with Crippen molar-refractivity contribution in [2.75, 3.05) is 17.7 Å². The van der Waals surface area contributed by atoms with E-state index in [9.17, 15) is 18.4 Å². The smallest absolute Gasteiger partial charge is 0.324 e. The molecular weight excluding hydrogens is 494 g/mol. The second kappa shape index (κ2) is 10.7. The summed E-state index contributed by atoms with van der Waals surface area (Å²) in [5.74, 6) is -1.17. The Morgan fingerprint density at radius 2 is 1.76 bits per heavy atom. The largest absolute Gasteiger partial charge is 0.454 e. The fraction of sp³-hybridized carbons (Fsp3) is 0.185. The maximum atomic E-state index is 14.8. The number of halogens is 2. The van der Waals surface area contributed by atoms with Gasteiger partial charge in [0.1, 0.15) is 23.1 Å². The summed E-state index contributed by atoms with van der Waals surface area (Å²) in [6.07, 6.45) is 1.37. The number of rotatable bonds is 6. The Bertz CT molecular complexity index is 1500. The third kappa shape index (κ3) is 6.12. The molecule has 9 nitrogen and oxygen atoms in total. The van der Waals surface area contributed by atoms with E-state index in [0.717, 1.165) is 6.07 Å². The molecule has 4 aromatic rings. The van der Waals surface area contributed by atoms with E-state index in [0.29, 0.717) is 17.2 Å². The van der Waals surface area contributed by atoms with Gasteiger partial charge in [-0.3, -0.25) is 15.1 Å². The van der Waals surface area contributed by atoms with Crippen molar-refractivity contribution in [1.29, 1.82) is 0 Å². The zero-order chi connectivity index (χ0) is 27.4. The van der Waals surface area contributed by atoms with Crippen LogP contribution in [0.15, 0.2) is 66.9 Å². The first kappa shape index (κ1) is 26.3. The molecular formula is C27H26F2N6O3. The molecule has 2 aromatic heterocycles. The fourth-order valence-electron chi connectivity index (χ4n) is 3.44. The third-order valence-corrected chi connectivity index (χ3v) is 5.38. The second-order valence-electron chi connectivity index (χ2n) is 9.34. The third-order valence-electron chi connectivity index (χ3n) is 5.38. The number of carbonyl (C=O) groups excluding carboxylic acids is 2. The quantitative estimate of drug-likeness (QED) is 0.305. The number of ether oxygens (including phenoxy) is 1. The van der Waals surface area contributed by atoms with E-state index >= 15 is 0 Å². The van der Waals surface area contributed by atoms with Crippen LogP contribution in [0.4, 0.5) is 25.1 Å². The fourth-order valence-corrected chi connectivity index (χ4v) is 3.44. The molecule has 0 saturated heterocycles. The van der Waals surface area contributed by atoms with Crippen molar-refractivity contribution in [3.05, 3.63) is 89.9 Å². The Hall–Kier alpha value is -4.80. The van der Waals surface area contributed by atoms with Crippen LogP contribution in [0.2, 0.25) is 0 Å². The highest BCUT2D eigenvalue weighted by molar-refractivity contribution is 5.99. The summed E-state index contributed by atoms with van der Waals surface area (Å²) in [4.78, 5) is 28.5. The molecule has 3 amide bonds. The molecule has 0 unspecified atom stereocenters. The summed E-state index contributed by atoms with van der Waals surface area (Å²) in [7, 11) is 1.47. The van der Waals surface area contributed by atoms with Crippen molar-refractivity contribution < 1.29 is 23.1 Å². The predicted molar refractivity (Wildman–Crippen MR) is 139 cm³/mol. The number of pyridine rings is 1. The number of aromatic nitrogens is 3. The predicted octanol–water partition coefficient (Wildman–Crippen LogP) is 5.64. The van der Waals surface area contributed by atoms with E-state index in [1.807, 2.05) is 20.8 Å². The summed E-state index contributed by atoms with van der Waals surface area (Å²) in [5, 5.41) is 12.3. The van der Waals surface area contributed by atoms with Crippen molar-refractivity contribution in [3.8, 4) is 17.2 Å². The van der Waals surface area contributed by atoms with Gasteiger partial charge in [-0.15, -0.1) is 0 Å². The van der Waals surface area contributed by atoms with E-state index in [4.69, 9.17) is 4.74 Å². The van der Waals surface area contributed by atoms with Crippen molar-refractivity contribution in [1.82, 2.24) is 20.1 Å². The molecule has 0 fully saturated rings. The van der Waals surface area contributed by atoms with Crippen LogP contribution in [0.25, 0.3) is 5.69 Å². The first-order valence-electron chi connectivity index (χ1n) is 11.6. The molecule has 0 aliphatic heterocycles. The summed E-state index contributed by atoms with van der Waals surface area (Å²) >= 11 is 0. The van der Waals surface area contributed by atoms with Gasteiger partial charge in [0.2, 0.25) is 0 Å². The maximum Gasteiger partial charge on any atom is 0.324 e. The second-order valence-corrected chi connectivity index (χ2v) is 9.34. The maximum absolute atomic E-state index is 14.8. The lowest BCUT2D eigenvalue weighted by Gasteiger charge is -2.14. The standard InChI is InChI=1S/C27H26F2N6O3/c1-27(2,3)23-15-24(35(34-23)18-7-5-6-16(28)12-18)33-26(37)32-17-8-9-22(20(29)13-17)38-19-10-11-31-21(14-19)25(36)30-4/h5-15H,1-4H3,(H,30,36)(H2,32,33,37). The molecule has 2 heterocycles. The minimum atomic E-state index is -0.735. The van der Waals surface area contributed by atoms with Gasteiger partial charge in [0.05, 0.1) is 11.4 Å². The van der Waals surface area contributed by atoms with Gasteiger partial charge in [0.25, 0.3) is 5.91 Å². The molecule has 38 heavy (non-hydrogen) atoms. The topological polar surface area (TPSA) is 110 Å². The van der Waals surface area contributed by atoms with E-state index in [-0.39, 0.29) is 28.3 Å². The SMILES string of the molecule is CNC(=O)c1cc(Oc2ccc(NC(=O)Nc3cc(C(C)(C)C)nn3-c3cccc(F)c3)cc2F)ccn1. The number of hydrogen-bond donors (Lipinski definition) is 3. The number of urea groups is 1. The van der Waals surface area contributed by atoms with Gasteiger partial charge in [-0.25, -0.2) is 18.3 Å². The Morgan fingerprint density at radius 1 is 0.974 bits per heavy atom. The highest BCUT2D eigenvalue weighted by Crippen LogP contribution is 2.28. The molecule has 2 aromatic carbocycles. The molecule has 196 valence electrons. The van der Waals surface area contributed by atoms with E-state index in [1.165, 1.54) is 54.3 Å². The van der Waals surface area contributed by atoms with Gasteiger partial charge in [0.15, 0.2) is 11.6 Å². The van der Waals surface area contributed by atoms with Crippen LogP contribution in [0.5, 0.6) is 11.5 Å². The van der Waals surface area contributed by atoms with Crippen molar-refractivity contribution >= 4 is 23.4 Å². The van der Waals surface area contributed by atoms with Crippen LogP contribution >= 0.6 is 0 Å². The zero-order valence-electron chi connectivity index (χ0n) is 21.2. The normalized spacial score (nSPS) is 11.1. The van der Waals surface area contributed by atoms with Crippen LogP contribution in [0, 0.1) is 11.6 Å². The lowest BCUT2D eigenvalue weighted by Crippen LogP contribution is -2.21. The molecule has 0 radical (unpaired) electrons. The summed E-state index contributed by atoms with van der Waals surface area (Å²) in [6, 6.07) is 13.6. The van der Waals surface area contributed by atoms with Crippen LogP contribution in [0.1, 0.15) is 37.0 Å². The number of nitrogens with zero attached hydrogens (tertiary/aromatic N) is 3. The highest BCUT2D eigenvalue weighted by Gasteiger charge is 2.22. The van der Waals surface area contributed by atoms with Crippen LogP contribution < -0.4 is 20.7 Å². The van der Waals surface area contributed by atoms with Gasteiger partial charge < -0.3 is 15.4 Å².